The molecule has 0 fully saturated rings. The molecule has 0 aliphatic carbocycles. The van der Waals surface area contributed by atoms with Gasteiger partial charge < -0.3 is 11.1 Å². The Morgan fingerprint density at radius 3 is 2.43 bits per heavy atom. The molecule has 0 atom stereocenters. The van der Waals surface area contributed by atoms with Crippen LogP contribution in [0.25, 0.3) is 0 Å². The lowest BCUT2D eigenvalue weighted by Crippen LogP contribution is -2.14. The van der Waals surface area contributed by atoms with Crippen LogP contribution < -0.4 is 16.2 Å². The fourth-order valence-corrected chi connectivity index (χ4v) is 2.60. The number of anilines is 3. The predicted molar refractivity (Wildman–Crippen MR) is 81.7 cm³/mol. The van der Waals surface area contributed by atoms with Gasteiger partial charge >= 0.3 is 0 Å². The highest BCUT2D eigenvalue weighted by Gasteiger charge is 2.12. The Hall–Kier alpha value is -2.27. The van der Waals surface area contributed by atoms with E-state index in [4.69, 9.17) is 27.7 Å². The number of hydrogen-bond acceptors (Lipinski definition) is 5. The van der Waals surface area contributed by atoms with Crippen molar-refractivity contribution in [2.24, 2.45) is 5.14 Å². The lowest BCUT2D eigenvalue weighted by molar-refractivity contribution is 0.598. The number of halogens is 1. The zero-order valence-electron chi connectivity index (χ0n) is 10.7. The molecule has 0 aliphatic heterocycles. The summed E-state index contributed by atoms with van der Waals surface area (Å²) in [6, 6.07) is 11.0. The van der Waals surface area contributed by atoms with Gasteiger partial charge in [-0.15, -0.1) is 0 Å². The predicted octanol–water partition coefficient (Wildman–Crippen LogP) is 2.18. The first-order valence-corrected chi connectivity index (χ1v) is 7.62. The van der Waals surface area contributed by atoms with E-state index in [0.717, 1.165) is 0 Å². The Kier molecular flexibility index (Phi) is 4.04. The number of nitrogen functional groups attached to an aromatic ring is 1. The molecule has 0 saturated carbocycles. The maximum absolute atomic E-state index is 11.3. The van der Waals surface area contributed by atoms with E-state index in [0.29, 0.717) is 22.0 Å². The summed E-state index contributed by atoms with van der Waals surface area (Å²) < 4.78 is 22.5. The molecule has 0 unspecified atom stereocenters. The van der Waals surface area contributed by atoms with Crippen molar-refractivity contribution in [3.8, 4) is 6.07 Å². The molecule has 108 valence electrons. The molecule has 21 heavy (non-hydrogen) atoms. The lowest BCUT2D eigenvalue weighted by atomic mass is 10.2. The molecule has 0 bridgehead atoms. The third-order valence-electron chi connectivity index (χ3n) is 2.69. The number of hydrogen-bond donors (Lipinski definition) is 3. The fraction of sp³-hybridized carbons (Fsp3) is 0. The SMILES string of the molecule is N#Cc1ccc(Nc2ccc(S(N)(=O)=O)c(N)c2)c(Cl)c1. The van der Waals surface area contributed by atoms with Gasteiger partial charge in [-0.3, -0.25) is 0 Å². The summed E-state index contributed by atoms with van der Waals surface area (Å²) in [4.78, 5) is -0.140. The molecule has 8 heteroatoms. The average Bonchev–Trinajstić information content (AvgIpc) is 2.39. The molecule has 0 aromatic heterocycles. The summed E-state index contributed by atoms with van der Waals surface area (Å²) in [7, 11) is -3.86. The molecule has 0 amide bonds. The zero-order valence-corrected chi connectivity index (χ0v) is 12.2. The number of sulfonamides is 1. The lowest BCUT2D eigenvalue weighted by Gasteiger charge is -2.11. The highest BCUT2D eigenvalue weighted by Crippen LogP contribution is 2.28. The summed E-state index contributed by atoms with van der Waals surface area (Å²) in [6.45, 7) is 0. The summed E-state index contributed by atoms with van der Waals surface area (Å²) >= 11 is 6.04. The number of rotatable bonds is 3. The van der Waals surface area contributed by atoms with Crippen LogP contribution in [-0.4, -0.2) is 8.42 Å². The van der Waals surface area contributed by atoms with Crippen molar-refractivity contribution < 1.29 is 8.42 Å². The van der Waals surface area contributed by atoms with Crippen LogP contribution in [0, 0.1) is 11.3 Å². The van der Waals surface area contributed by atoms with Gasteiger partial charge in [-0.05, 0) is 36.4 Å². The van der Waals surface area contributed by atoms with Crippen LogP contribution in [0.5, 0.6) is 0 Å². The number of benzene rings is 2. The van der Waals surface area contributed by atoms with Crippen molar-refractivity contribution in [2.45, 2.75) is 4.90 Å². The van der Waals surface area contributed by atoms with E-state index in [1.165, 1.54) is 24.3 Å². The van der Waals surface area contributed by atoms with Crippen LogP contribution in [0.2, 0.25) is 5.02 Å². The molecule has 0 radical (unpaired) electrons. The molecule has 2 aromatic rings. The van der Waals surface area contributed by atoms with Gasteiger partial charge in [0.05, 0.1) is 28.0 Å². The molecule has 0 spiro atoms. The van der Waals surface area contributed by atoms with Crippen molar-refractivity contribution in [3.63, 3.8) is 0 Å². The van der Waals surface area contributed by atoms with Crippen molar-refractivity contribution in [1.29, 1.82) is 5.26 Å². The second-order valence-corrected chi connectivity index (χ2v) is 6.17. The largest absolute Gasteiger partial charge is 0.398 e. The summed E-state index contributed by atoms with van der Waals surface area (Å²) in [5.74, 6) is 0. The summed E-state index contributed by atoms with van der Waals surface area (Å²) in [5, 5.41) is 17.2. The minimum Gasteiger partial charge on any atom is -0.398 e. The van der Waals surface area contributed by atoms with Crippen molar-refractivity contribution in [2.75, 3.05) is 11.1 Å². The first-order valence-electron chi connectivity index (χ1n) is 5.70. The maximum atomic E-state index is 11.3. The quantitative estimate of drug-likeness (QED) is 0.747. The van der Waals surface area contributed by atoms with E-state index in [-0.39, 0.29) is 10.6 Å². The number of nitrogens with zero attached hydrogens (tertiary/aromatic N) is 1. The van der Waals surface area contributed by atoms with E-state index in [9.17, 15) is 8.42 Å². The van der Waals surface area contributed by atoms with Gasteiger partial charge in [0.1, 0.15) is 4.90 Å². The number of nitrogens with two attached hydrogens (primary N) is 2. The minimum absolute atomic E-state index is 0.0345. The Labute approximate surface area is 127 Å². The summed E-state index contributed by atoms with van der Waals surface area (Å²) in [5.41, 5.74) is 7.26. The monoisotopic (exact) mass is 322 g/mol. The third-order valence-corrected chi connectivity index (χ3v) is 3.99. The second kappa shape index (κ2) is 5.61. The Balaban J connectivity index is 2.33. The second-order valence-electron chi connectivity index (χ2n) is 4.23. The van der Waals surface area contributed by atoms with Crippen molar-refractivity contribution in [1.82, 2.24) is 0 Å². The number of primary sulfonamides is 1. The topological polar surface area (TPSA) is 122 Å². The van der Waals surface area contributed by atoms with Crippen molar-refractivity contribution in [3.05, 3.63) is 47.0 Å². The normalized spacial score (nSPS) is 10.9. The van der Waals surface area contributed by atoms with E-state index >= 15 is 0 Å². The maximum Gasteiger partial charge on any atom is 0.240 e. The highest BCUT2D eigenvalue weighted by molar-refractivity contribution is 7.89. The standard InChI is InChI=1S/C13H11ClN4O2S/c14-10-5-8(7-15)1-3-12(10)18-9-2-4-13(11(16)6-9)21(17,19)20/h1-6,18H,16H2,(H2,17,19,20). The van der Waals surface area contributed by atoms with Crippen LogP contribution in [0.15, 0.2) is 41.3 Å². The molecule has 2 rings (SSSR count). The zero-order chi connectivity index (χ0) is 15.6. The van der Waals surface area contributed by atoms with Crippen molar-refractivity contribution >= 4 is 38.7 Å². The van der Waals surface area contributed by atoms with Crippen LogP contribution in [0.1, 0.15) is 5.56 Å². The fourth-order valence-electron chi connectivity index (χ4n) is 1.73. The average molecular weight is 323 g/mol. The van der Waals surface area contributed by atoms with E-state index in [1.54, 1.807) is 12.1 Å². The van der Waals surface area contributed by atoms with Gasteiger partial charge in [0, 0.05) is 5.69 Å². The van der Waals surface area contributed by atoms with Crippen LogP contribution in [-0.2, 0) is 10.0 Å². The molecule has 2 aromatic carbocycles. The first kappa shape index (κ1) is 15.1. The van der Waals surface area contributed by atoms with Gasteiger partial charge in [-0.1, -0.05) is 11.6 Å². The smallest absolute Gasteiger partial charge is 0.240 e. The van der Waals surface area contributed by atoms with Gasteiger partial charge in [-0.25, -0.2) is 13.6 Å². The summed E-state index contributed by atoms with van der Waals surface area (Å²) in [6.07, 6.45) is 0. The first-order chi connectivity index (χ1) is 9.81. The van der Waals surface area contributed by atoms with Gasteiger partial charge in [0.25, 0.3) is 0 Å². The van der Waals surface area contributed by atoms with Crippen LogP contribution in [0.3, 0.4) is 0 Å². The van der Waals surface area contributed by atoms with Crippen LogP contribution >= 0.6 is 11.6 Å². The number of nitriles is 1. The van der Waals surface area contributed by atoms with Crippen LogP contribution in [0.4, 0.5) is 17.1 Å². The highest BCUT2D eigenvalue weighted by atomic mass is 35.5. The van der Waals surface area contributed by atoms with Gasteiger partial charge in [0.2, 0.25) is 10.0 Å². The Morgan fingerprint density at radius 2 is 1.90 bits per heavy atom. The Morgan fingerprint density at radius 1 is 1.19 bits per heavy atom. The molecule has 0 saturated heterocycles. The molecular formula is C13H11ClN4O2S. The van der Waals surface area contributed by atoms with Gasteiger partial charge in [0.15, 0.2) is 0 Å². The molecule has 6 nitrogen and oxygen atoms in total. The minimum atomic E-state index is -3.86. The molecule has 5 N–H and O–H groups in total. The van der Waals surface area contributed by atoms with E-state index in [1.807, 2.05) is 6.07 Å². The van der Waals surface area contributed by atoms with E-state index in [2.05, 4.69) is 5.32 Å². The molecule has 0 heterocycles. The molecule has 0 aliphatic rings. The van der Waals surface area contributed by atoms with Gasteiger partial charge in [-0.2, -0.15) is 5.26 Å². The van der Waals surface area contributed by atoms with E-state index < -0.39 is 10.0 Å². The third kappa shape index (κ3) is 3.44. The number of nitrogens with one attached hydrogen (secondary N) is 1. The Bertz CT molecular complexity index is 844. The molecular weight excluding hydrogens is 312 g/mol.